The molecule has 2 fully saturated rings. The average Bonchev–Trinajstić information content (AvgIpc) is 2.80. The Morgan fingerprint density at radius 2 is 1.54 bits per heavy atom. The molecule has 3 nitrogen and oxygen atoms in total. The van der Waals surface area contributed by atoms with E-state index in [9.17, 15) is 0 Å². The first-order valence-electron chi connectivity index (χ1n) is 12.5. The Labute approximate surface area is 227 Å². The summed E-state index contributed by atoms with van der Waals surface area (Å²) in [4.78, 5) is 2.83. The van der Waals surface area contributed by atoms with Crippen LogP contribution in [0.15, 0.2) is 36.4 Å². The molecule has 1 saturated heterocycles. The number of rotatable bonds is 8. The highest BCUT2D eigenvalue weighted by molar-refractivity contribution is 8.18. The lowest BCUT2D eigenvalue weighted by Crippen LogP contribution is -2.59. The van der Waals surface area contributed by atoms with Gasteiger partial charge < -0.3 is 9.47 Å². The third-order valence-electron chi connectivity index (χ3n) is 8.17. The Bertz CT molecular complexity index is 1020. The van der Waals surface area contributed by atoms with Crippen LogP contribution in [0.3, 0.4) is 0 Å². The van der Waals surface area contributed by atoms with Crippen LogP contribution in [-0.4, -0.2) is 41.4 Å². The van der Waals surface area contributed by atoms with Crippen molar-refractivity contribution >= 4 is 35.9 Å². The van der Waals surface area contributed by atoms with Crippen molar-refractivity contribution in [3.05, 3.63) is 58.7 Å². The van der Waals surface area contributed by atoms with Crippen molar-refractivity contribution in [2.45, 2.75) is 75.5 Å². The maximum atomic E-state index is 5.70. The van der Waals surface area contributed by atoms with Gasteiger partial charge in [0.25, 0.3) is 0 Å². The fraction of sp³-hybridized carbons (Fsp3) is 0.586. The Hall–Kier alpha value is -1.01. The van der Waals surface area contributed by atoms with E-state index in [2.05, 4.69) is 99.4 Å². The van der Waals surface area contributed by atoms with E-state index in [0.29, 0.717) is 0 Å². The van der Waals surface area contributed by atoms with Gasteiger partial charge in [0.1, 0.15) is 4.20 Å². The van der Waals surface area contributed by atoms with Crippen molar-refractivity contribution in [3.63, 3.8) is 0 Å². The average molecular weight is 536 g/mol. The standard InChI is InChI=1S/C29H41NO2S2.ClH/c1-21-10-11-23(18-22(21)2)27(3,4)30(28(5)33-16-9-17-34-28)20-29(14-8-15-29)24-12-13-25(31-6)26(19-24)32-7;/h10-13,18-19H,8-9,14-17,20H2,1-7H3;1H. The van der Waals surface area contributed by atoms with Crippen LogP contribution in [0.2, 0.25) is 0 Å². The summed E-state index contributed by atoms with van der Waals surface area (Å²) in [5.41, 5.74) is 5.57. The van der Waals surface area contributed by atoms with Gasteiger partial charge in [-0.25, -0.2) is 0 Å². The van der Waals surface area contributed by atoms with Crippen LogP contribution in [0.4, 0.5) is 0 Å². The summed E-state index contributed by atoms with van der Waals surface area (Å²) in [6, 6.07) is 13.6. The number of methoxy groups -OCH3 is 2. The Kier molecular flexibility index (Phi) is 9.11. The van der Waals surface area contributed by atoms with Gasteiger partial charge in [-0.1, -0.05) is 30.7 Å². The molecule has 1 aliphatic heterocycles. The Balaban J connectivity index is 0.00000342. The first-order valence-corrected chi connectivity index (χ1v) is 14.5. The molecule has 0 spiro atoms. The summed E-state index contributed by atoms with van der Waals surface area (Å²) in [5.74, 6) is 4.09. The first kappa shape index (κ1) is 28.6. The lowest BCUT2D eigenvalue weighted by Gasteiger charge is -2.56. The van der Waals surface area contributed by atoms with Crippen LogP contribution in [0, 0.1) is 13.8 Å². The second kappa shape index (κ2) is 11.2. The summed E-state index contributed by atoms with van der Waals surface area (Å²) in [6.45, 7) is 12.8. The van der Waals surface area contributed by atoms with Crippen molar-refractivity contribution in [3.8, 4) is 11.5 Å². The van der Waals surface area contributed by atoms with Gasteiger partial charge in [-0.15, -0.1) is 35.9 Å². The number of ether oxygens (including phenoxy) is 2. The summed E-state index contributed by atoms with van der Waals surface area (Å²) >= 11 is 4.26. The number of hydrogen-bond acceptors (Lipinski definition) is 5. The van der Waals surface area contributed by atoms with Gasteiger partial charge in [0, 0.05) is 17.5 Å². The minimum absolute atomic E-state index is 0. The predicted molar refractivity (Wildman–Crippen MR) is 156 cm³/mol. The number of nitrogens with zero attached hydrogens (tertiary/aromatic N) is 1. The minimum Gasteiger partial charge on any atom is -0.493 e. The van der Waals surface area contributed by atoms with Crippen LogP contribution >= 0.6 is 35.9 Å². The van der Waals surface area contributed by atoms with Gasteiger partial charge in [-0.2, -0.15) is 0 Å². The minimum atomic E-state index is -0.0936. The number of thioether (sulfide) groups is 2. The molecule has 2 aromatic rings. The highest BCUT2D eigenvalue weighted by Gasteiger charge is 2.50. The fourth-order valence-corrected chi connectivity index (χ4v) is 8.76. The summed E-state index contributed by atoms with van der Waals surface area (Å²) in [6.07, 6.45) is 5.01. The number of halogens is 1. The highest BCUT2D eigenvalue weighted by atomic mass is 35.5. The first-order chi connectivity index (χ1) is 16.1. The van der Waals surface area contributed by atoms with Gasteiger partial charge >= 0.3 is 0 Å². The number of hydrogen-bond donors (Lipinski definition) is 0. The molecule has 4 rings (SSSR count). The van der Waals surface area contributed by atoms with Gasteiger partial charge in [0.15, 0.2) is 11.5 Å². The molecule has 1 aliphatic carbocycles. The Morgan fingerprint density at radius 1 is 0.886 bits per heavy atom. The van der Waals surface area contributed by atoms with Crippen molar-refractivity contribution in [2.75, 3.05) is 32.3 Å². The number of benzene rings is 2. The molecular weight excluding hydrogens is 494 g/mol. The highest BCUT2D eigenvalue weighted by Crippen LogP contribution is 2.54. The summed E-state index contributed by atoms with van der Waals surface area (Å²) < 4.78 is 11.3. The summed E-state index contributed by atoms with van der Waals surface area (Å²) in [7, 11) is 3.45. The molecule has 0 bridgehead atoms. The Morgan fingerprint density at radius 3 is 2.09 bits per heavy atom. The molecule has 0 atom stereocenters. The van der Waals surface area contributed by atoms with E-state index >= 15 is 0 Å². The lowest BCUT2D eigenvalue weighted by atomic mass is 9.63. The van der Waals surface area contributed by atoms with Crippen LogP contribution in [0.1, 0.15) is 68.7 Å². The van der Waals surface area contributed by atoms with Crippen molar-refractivity contribution in [1.29, 1.82) is 0 Å². The van der Waals surface area contributed by atoms with E-state index in [1.807, 2.05) is 0 Å². The van der Waals surface area contributed by atoms with E-state index in [1.165, 1.54) is 59.4 Å². The molecule has 0 unspecified atom stereocenters. The molecule has 35 heavy (non-hydrogen) atoms. The number of aryl methyl sites for hydroxylation is 2. The van der Waals surface area contributed by atoms with Gasteiger partial charge in [0.05, 0.1) is 14.2 Å². The monoisotopic (exact) mass is 535 g/mol. The molecular formula is C29H42ClNO2S2. The molecule has 0 amide bonds. The van der Waals surface area contributed by atoms with Crippen LogP contribution in [0.5, 0.6) is 11.5 Å². The molecule has 2 aliphatic rings. The SMILES string of the molecule is COc1ccc(C2(CN(C3(C)SCCCS3)C(C)(C)c3ccc(C)c(C)c3)CCC2)cc1OC.Cl. The third-order valence-corrected chi connectivity index (χ3v) is 11.4. The summed E-state index contributed by atoms with van der Waals surface area (Å²) in [5, 5.41) is 0. The van der Waals surface area contributed by atoms with Crippen LogP contribution < -0.4 is 9.47 Å². The fourth-order valence-electron chi connectivity index (χ4n) is 5.52. The third kappa shape index (κ3) is 5.49. The van der Waals surface area contributed by atoms with E-state index < -0.39 is 0 Å². The van der Waals surface area contributed by atoms with Crippen molar-refractivity contribution < 1.29 is 9.47 Å². The molecule has 0 radical (unpaired) electrons. The maximum absolute atomic E-state index is 5.70. The molecule has 0 N–H and O–H groups in total. The molecule has 2 aromatic carbocycles. The predicted octanol–water partition coefficient (Wildman–Crippen LogP) is 7.95. The van der Waals surface area contributed by atoms with Crippen LogP contribution in [0.25, 0.3) is 0 Å². The van der Waals surface area contributed by atoms with Gasteiger partial charge in [-0.3, -0.25) is 4.90 Å². The molecule has 194 valence electrons. The maximum Gasteiger partial charge on any atom is 0.161 e. The van der Waals surface area contributed by atoms with E-state index in [4.69, 9.17) is 9.47 Å². The quantitative estimate of drug-likeness (QED) is 0.341. The molecule has 6 heteroatoms. The van der Waals surface area contributed by atoms with E-state index in [0.717, 1.165) is 18.0 Å². The molecule has 1 saturated carbocycles. The normalized spacial score (nSPS) is 19.0. The van der Waals surface area contributed by atoms with E-state index in [-0.39, 0.29) is 27.6 Å². The van der Waals surface area contributed by atoms with Gasteiger partial charge in [-0.05, 0) is 99.8 Å². The second-order valence-electron chi connectivity index (χ2n) is 10.6. The zero-order chi connectivity index (χ0) is 24.6. The van der Waals surface area contributed by atoms with E-state index in [1.54, 1.807) is 14.2 Å². The van der Waals surface area contributed by atoms with Gasteiger partial charge in [0.2, 0.25) is 0 Å². The van der Waals surface area contributed by atoms with Crippen molar-refractivity contribution in [2.24, 2.45) is 0 Å². The largest absolute Gasteiger partial charge is 0.493 e. The lowest BCUT2D eigenvalue weighted by molar-refractivity contribution is 0.0402. The smallest absolute Gasteiger partial charge is 0.161 e. The second-order valence-corrected chi connectivity index (χ2v) is 13.8. The van der Waals surface area contributed by atoms with Crippen LogP contribution in [-0.2, 0) is 11.0 Å². The zero-order valence-electron chi connectivity index (χ0n) is 22.4. The zero-order valence-corrected chi connectivity index (χ0v) is 24.9. The molecule has 1 heterocycles. The molecule has 0 aromatic heterocycles. The topological polar surface area (TPSA) is 21.7 Å². The van der Waals surface area contributed by atoms with Crippen molar-refractivity contribution in [1.82, 2.24) is 4.90 Å².